The minimum atomic E-state index is -0.268. The Bertz CT molecular complexity index is 197. The van der Waals surface area contributed by atoms with Gasteiger partial charge >= 0.3 is 0 Å². The minimum Gasteiger partial charge on any atom is -0.347 e. The highest BCUT2D eigenvalue weighted by molar-refractivity contribution is 5.77. The molecule has 1 amide bonds. The van der Waals surface area contributed by atoms with Gasteiger partial charge in [0.2, 0.25) is 5.91 Å². The summed E-state index contributed by atoms with van der Waals surface area (Å²) in [6, 6.07) is -0.268. The van der Waals surface area contributed by atoms with Crippen LogP contribution in [0.2, 0.25) is 0 Å². The van der Waals surface area contributed by atoms with Gasteiger partial charge in [-0.1, -0.05) is 32.1 Å². The second kappa shape index (κ2) is 5.78. The highest BCUT2D eigenvalue weighted by atomic mass is 16.2. The molecule has 80 valence electrons. The van der Waals surface area contributed by atoms with Crippen molar-refractivity contribution in [1.82, 2.24) is 5.32 Å². The second-order valence-electron chi connectivity index (χ2n) is 4.18. The molecule has 1 unspecified atom stereocenters. The van der Waals surface area contributed by atoms with Crippen LogP contribution in [-0.2, 0) is 9.59 Å². The smallest absolute Gasteiger partial charge is 0.217 e. The lowest BCUT2D eigenvalue weighted by Crippen LogP contribution is -2.36. The first-order chi connectivity index (χ1) is 6.72. The van der Waals surface area contributed by atoms with E-state index in [9.17, 15) is 9.59 Å². The Hall–Kier alpha value is -0.860. The van der Waals surface area contributed by atoms with Crippen LogP contribution in [0.4, 0.5) is 0 Å². The number of carbonyl (C=O) groups is 2. The third-order valence-electron chi connectivity index (χ3n) is 2.86. The van der Waals surface area contributed by atoms with Crippen LogP contribution in [0.1, 0.15) is 45.4 Å². The van der Waals surface area contributed by atoms with Gasteiger partial charge in [-0.2, -0.15) is 0 Å². The van der Waals surface area contributed by atoms with Crippen LogP contribution in [0.25, 0.3) is 0 Å². The maximum absolute atomic E-state index is 10.8. The van der Waals surface area contributed by atoms with Gasteiger partial charge in [0.25, 0.3) is 0 Å². The molecule has 1 atom stereocenters. The Balaban J connectivity index is 2.30. The first-order valence-electron chi connectivity index (χ1n) is 5.44. The molecule has 0 aromatic rings. The normalized spacial score (nSPS) is 20.1. The van der Waals surface area contributed by atoms with E-state index in [0.717, 1.165) is 12.7 Å². The van der Waals surface area contributed by atoms with Crippen molar-refractivity contribution >= 4 is 12.2 Å². The zero-order chi connectivity index (χ0) is 10.4. The summed E-state index contributed by atoms with van der Waals surface area (Å²) in [4.78, 5) is 21.5. The average molecular weight is 197 g/mol. The van der Waals surface area contributed by atoms with E-state index in [0.29, 0.717) is 5.92 Å². The fraction of sp³-hybridized carbons (Fsp3) is 0.818. The predicted octanol–water partition coefficient (Wildman–Crippen LogP) is 1.66. The zero-order valence-corrected chi connectivity index (χ0v) is 8.79. The second-order valence-corrected chi connectivity index (χ2v) is 4.18. The number of hydrogen-bond donors (Lipinski definition) is 1. The van der Waals surface area contributed by atoms with Gasteiger partial charge in [-0.25, -0.2) is 0 Å². The molecular weight excluding hydrogens is 178 g/mol. The lowest BCUT2D eigenvalue weighted by atomic mass is 9.85. The van der Waals surface area contributed by atoms with Crippen molar-refractivity contribution in [2.45, 2.75) is 51.5 Å². The third-order valence-corrected chi connectivity index (χ3v) is 2.86. The Kier molecular flexibility index (Phi) is 4.63. The molecule has 14 heavy (non-hydrogen) atoms. The fourth-order valence-electron chi connectivity index (χ4n) is 2.19. The number of carbonyl (C=O) groups excluding carboxylic acids is 2. The van der Waals surface area contributed by atoms with Gasteiger partial charge < -0.3 is 10.1 Å². The molecule has 1 N–H and O–H groups in total. The van der Waals surface area contributed by atoms with Gasteiger partial charge in [-0.05, 0) is 12.3 Å². The van der Waals surface area contributed by atoms with Crippen LogP contribution in [0, 0.1) is 5.92 Å². The lowest BCUT2D eigenvalue weighted by molar-refractivity contribution is -0.122. The summed E-state index contributed by atoms with van der Waals surface area (Å²) >= 11 is 0. The molecule has 3 nitrogen and oxygen atoms in total. The molecule has 3 heteroatoms. The highest BCUT2D eigenvalue weighted by Gasteiger charge is 2.18. The first-order valence-corrected chi connectivity index (χ1v) is 5.44. The average Bonchev–Trinajstić information content (AvgIpc) is 2.17. The van der Waals surface area contributed by atoms with Gasteiger partial charge in [-0.3, -0.25) is 4.79 Å². The summed E-state index contributed by atoms with van der Waals surface area (Å²) in [6.45, 7) is 1.46. The third kappa shape index (κ3) is 3.90. The Morgan fingerprint density at radius 3 is 2.57 bits per heavy atom. The molecule has 1 aliphatic rings. The van der Waals surface area contributed by atoms with Crippen molar-refractivity contribution < 1.29 is 9.59 Å². The summed E-state index contributed by atoms with van der Waals surface area (Å²) in [5.41, 5.74) is 0. The largest absolute Gasteiger partial charge is 0.347 e. The van der Waals surface area contributed by atoms with Crippen molar-refractivity contribution in [3.05, 3.63) is 0 Å². The molecule has 1 fully saturated rings. The molecule has 0 heterocycles. The molecule has 0 radical (unpaired) electrons. The summed E-state index contributed by atoms with van der Waals surface area (Å²) in [5, 5.41) is 2.67. The molecule has 0 bridgehead atoms. The fourth-order valence-corrected chi connectivity index (χ4v) is 2.19. The van der Waals surface area contributed by atoms with Crippen molar-refractivity contribution in [3.63, 3.8) is 0 Å². The molecule has 0 aromatic carbocycles. The standard InChI is InChI=1S/C11H19NO2/c1-9(14)12-11(8-13)7-10-5-3-2-4-6-10/h8,10-11H,2-7H2,1H3,(H,12,14). The number of hydrogen-bond acceptors (Lipinski definition) is 2. The molecule has 0 aliphatic heterocycles. The van der Waals surface area contributed by atoms with Crippen LogP contribution in [0.15, 0.2) is 0 Å². The monoisotopic (exact) mass is 197 g/mol. The van der Waals surface area contributed by atoms with Gasteiger partial charge in [0.05, 0.1) is 6.04 Å². The maximum Gasteiger partial charge on any atom is 0.217 e. The molecule has 1 aliphatic carbocycles. The van der Waals surface area contributed by atoms with Gasteiger partial charge in [0.15, 0.2) is 0 Å². The zero-order valence-electron chi connectivity index (χ0n) is 8.79. The van der Waals surface area contributed by atoms with E-state index < -0.39 is 0 Å². The molecule has 0 aromatic heterocycles. The highest BCUT2D eigenvalue weighted by Crippen LogP contribution is 2.26. The molecule has 1 rings (SSSR count). The Morgan fingerprint density at radius 1 is 1.43 bits per heavy atom. The van der Waals surface area contributed by atoms with Crippen molar-refractivity contribution in [2.75, 3.05) is 0 Å². The number of amides is 1. The molecule has 1 saturated carbocycles. The van der Waals surface area contributed by atoms with Crippen molar-refractivity contribution in [1.29, 1.82) is 0 Å². The predicted molar refractivity (Wildman–Crippen MR) is 54.9 cm³/mol. The van der Waals surface area contributed by atoms with Crippen LogP contribution in [-0.4, -0.2) is 18.2 Å². The van der Waals surface area contributed by atoms with E-state index in [2.05, 4.69) is 5.32 Å². The van der Waals surface area contributed by atoms with Gasteiger partial charge in [-0.15, -0.1) is 0 Å². The molecule has 0 saturated heterocycles. The lowest BCUT2D eigenvalue weighted by Gasteiger charge is -2.24. The van der Waals surface area contributed by atoms with Crippen LogP contribution in [0.3, 0.4) is 0 Å². The van der Waals surface area contributed by atoms with E-state index in [4.69, 9.17) is 0 Å². The molecule has 0 spiro atoms. The Labute approximate surface area is 85.3 Å². The van der Waals surface area contributed by atoms with Crippen molar-refractivity contribution in [2.24, 2.45) is 5.92 Å². The first kappa shape index (κ1) is 11.2. The van der Waals surface area contributed by atoms with E-state index in [-0.39, 0.29) is 11.9 Å². The summed E-state index contributed by atoms with van der Waals surface area (Å²) in [6.07, 6.45) is 7.97. The number of rotatable bonds is 4. The summed E-state index contributed by atoms with van der Waals surface area (Å²) in [5.74, 6) is 0.517. The topological polar surface area (TPSA) is 46.2 Å². The minimum absolute atomic E-state index is 0.113. The summed E-state index contributed by atoms with van der Waals surface area (Å²) in [7, 11) is 0. The number of aldehydes is 1. The molecular formula is C11H19NO2. The Morgan fingerprint density at radius 2 is 2.07 bits per heavy atom. The van der Waals surface area contributed by atoms with Crippen molar-refractivity contribution in [3.8, 4) is 0 Å². The maximum atomic E-state index is 10.8. The van der Waals surface area contributed by atoms with E-state index in [1.54, 1.807) is 0 Å². The van der Waals surface area contributed by atoms with Gasteiger partial charge in [0, 0.05) is 6.92 Å². The van der Waals surface area contributed by atoms with E-state index >= 15 is 0 Å². The summed E-state index contributed by atoms with van der Waals surface area (Å²) < 4.78 is 0. The quantitative estimate of drug-likeness (QED) is 0.697. The van der Waals surface area contributed by atoms with Crippen LogP contribution < -0.4 is 5.32 Å². The SMILES string of the molecule is CC(=O)NC(C=O)CC1CCCCC1. The van der Waals surface area contributed by atoms with E-state index in [1.165, 1.54) is 39.0 Å². The van der Waals surface area contributed by atoms with Crippen LogP contribution >= 0.6 is 0 Å². The van der Waals surface area contributed by atoms with Crippen LogP contribution in [0.5, 0.6) is 0 Å². The van der Waals surface area contributed by atoms with Gasteiger partial charge in [0.1, 0.15) is 6.29 Å². The number of nitrogens with one attached hydrogen (secondary N) is 1. The van der Waals surface area contributed by atoms with E-state index in [1.807, 2.05) is 0 Å².